The molecular weight excluding hydrogens is 581 g/mol. The lowest BCUT2D eigenvalue weighted by molar-refractivity contribution is 0.0746. The van der Waals surface area contributed by atoms with Crippen LogP contribution in [0.25, 0.3) is 0 Å². The van der Waals surface area contributed by atoms with Gasteiger partial charge in [0, 0.05) is 41.0 Å². The van der Waals surface area contributed by atoms with Gasteiger partial charge in [0.15, 0.2) is 0 Å². The molecule has 1 aromatic heterocycles. The maximum absolute atomic E-state index is 13.6. The molecule has 224 valence electrons. The molecule has 0 aliphatic carbocycles. The van der Waals surface area contributed by atoms with Crippen LogP contribution in [0, 0.1) is 6.92 Å². The first-order chi connectivity index (χ1) is 20.9. The molecule has 0 unspecified atom stereocenters. The molecule has 1 saturated heterocycles. The third-order valence-corrected chi connectivity index (χ3v) is 9.41. The molecule has 5 rings (SSSR count). The maximum atomic E-state index is 13.6. The first-order valence-corrected chi connectivity index (χ1v) is 16.2. The van der Waals surface area contributed by atoms with Crippen LogP contribution >= 0.6 is 23.1 Å². The smallest absolute Gasteiger partial charge is 0.255 e. The normalized spacial score (nSPS) is 16.1. The number of thiazole rings is 1. The molecule has 1 fully saturated rings. The van der Waals surface area contributed by atoms with E-state index in [9.17, 15) is 14.7 Å². The van der Waals surface area contributed by atoms with Crippen LogP contribution in [0.5, 0.6) is 5.75 Å². The minimum absolute atomic E-state index is 0.0800. The van der Waals surface area contributed by atoms with Crippen molar-refractivity contribution < 1.29 is 19.4 Å². The fourth-order valence-corrected chi connectivity index (χ4v) is 7.20. The van der Waals surface area contributed by atoms with Crippen molar-refractivity contribution in [3.8, 4) is 5.75 Å². The summed E-state index contributed by atoms with van der Waals surface area (Å²) < 4.78 is 5.30. The van der Waals surface area contributed by atoms with Crippen molar-refractivity contribution in [2.75, 3.05) is 25.3 Å². The zero-order chi connectivity index (χ0) is 30.2. The number of carbonyl (C=O) groups excluding carboxylic acids is 2. The first-order valence-electron chi connectivity index (χ1n) is 14.2. The van der Waals surface area contributed by atoms with E-state index in [4.69, 9.17) is 4.74 Å². The van der Waals surface area contributed by atoms with Crippen LogP contribution in [0.1, 0.15) is 48.6 Å². The van der Waals surface area contributed by atoms with Gasteiger partial charge in [0.05, 0.1) is 31.2 Å². The van der Waals surface area contributed by atoms with Crippen molar-refractivity contribution in [1.82, 2.24) is 20.5 Å². The highest BCUT2D eigenvalue weighted by atomic mass is 32.2. The number of carbonyl (C=O) groups is 2. The molecule has 0 radical (unpaired) electrons. The third kappa shape index (κ3) is 8.03. The van der Waals surface area contributed by atoms with E-state index >= 15 is 0 Å². The summed E-state index contributed by atoms with van der Waals surface area (Å²) in [7, 11) is 1.63. The highest BCUT2D eigenvalue weighted by Crippen LogP contribution is 2.35. The highest BCUT2D eigenvalue weighted by Gasteiger charge is 2.33. The van der Waals surface area contributed by atoms with Crippen molar-refractivity contribution in [2.24, 2.45) is 0 Å². The number of hydrogen-bond acceptors (Lipinski definition) is 8. The minimum Gasteiger partial charge on any atom is -0.497 e. The average Bonchev–Trinajstić information content (AvgIpc) is 3.70. The summed E-state index contributed by atoms with van der Waals surface area (Å²) >= 11 is 3.27. The van der Waals surface area contributed by atoms with Crippen molar-refractivity contribution in [3.05, 3.63) is 117 Å². The van der Waals surface area contributed by atoms with Crippen molar-refractivity contribution in [1.29, 1.82) is 0 Å². The maximum Gasteiger partial charge on any atom is 0.255 e. The number of ether oxygens (including phenoxy) is 1. The molecule has 10 heteroatoms. The Balaban J connectivity index is 1.27. The van der Waals surface area contributed by atoms with E-state index in [1.165, 1.54) is 0 Å². The van der Waals surface area contributed by atoms with Crippen LogP contribution in [0.2, 0.25) is 0 Å². The zero-order valence-electron chi connectivity index (χ0n) is 24.2. The fraction of sp³-hybridized carbons (Fsp3) is 0.303. The highest BCUT2D eigenvalue weighted by molar-refractivity contribution is 7.99. The number of methoxy groups -OCH3 is 1. The quantitative estimate of drug-likeness (QED) is 0.209. The molecule has 43 heavy (non-hydrogen) atoms. The number of nitrogens with zero attached hydrogens (tertiary/aromatic N) is 2. The molecule has 2 heterocycles. The Labute approximate surface area is 260 Å². The number of amides is 2. The van der Waals surface area contributed by atoms with Gasteiger partial charge in [-0.1, -0.05) is 48.5 Å². The summed E-state index contributed by atoms with van der Waals surface area (Å²) in [4.78, 5) is 33.5. The van der Waals surface area contributed by atoms with Gasteiger partial charge in [0.1, 0.15) is 10.8 Å². The lowest BCUT2D eigenvalue weighted by atomic mass is 10.00. The van der Waals surface area contributed by atoms with Gasteiger partial charge < -0.3 is 25.4 Å². The van der Waals surface area contributed by atoms with Crippen molar-refractivity contribution in [2.45, 2.75) is 38.1 Å². The van der Waals surface area contributed by atoms with E-state index in [0.29, 0.717) is 30.0 Å². The SMILES string of the molecule is COc1cccc(CNC[C@@H](O)[C@H](Cc2ccccc2)NC(=O)c2cccc(C(=O)N3CSC[C@@H]3c3nc(C)cs3)c2)c1. The predicted molar refractivity (Wildman–Crippen MR) is 172 cm³/mol. The third-order valence-electron chi connectivity index (χ3n) is 7.33. The number of rotatable bonds is 12. The largest absolute Gasteiger partial charge is 0.497 e. The molecule has 4 aromatic rings. The number of nitrogens with one attached hydrogen (secondary N) is 2. The van der Waals surface area contributed by atoms with E-state index in [-0.39, 0.29) is 24.4 Å². The summed E-state index contributed by atoms with van der Waals surface area (Å²) in [6, 6.07) is 23.7. The molecule has 0 saturated carbocycles. The fourth-order valence-electron chi connectivity index (χ4n) is 5.02. The second-order valence-corrected chi connectivity index (χ2v) is 12.4. The van der Waals surface area contributed by atoms with E-state index < -0.39 is 12.1 Å². The first kappa shape index (κ1) is 30.7. The Hall–Kier alpha value is -3.70. The molecule has 0 spiro atoms. The lowest BCUT2D eigenvalue weighted by Gasteiger charge is -2.25. The van der Waals surface area contributed by atoms with Gasteiger partial charge in [0.25, 0.3) is 11.8 Å². The number of hydrogen-bond donors (Lipinski definition) is 3. The van der Waals surface area contributed by atoms with Gasteiger partial charge in [-0.2, -0.15) is 0 Å². The van der Waals surface area contributed by atoms with Crippen LogP contribution in [0.3, 0.4) is 0 Å². The molecule has 8 nitrogen and oxygen atoms in total. The number of benzene rings is 3. The molecule has 1 aliphatic heterocycles. The summed E-state index contributed by atoms with van der Waals surface area (Å²) in [5.41, 5.74) is 3.80. The molecular formula is C33H36N4O4S2. The van der Waals surface area contributed by atoms with Crippen molar-refractivity contribution in [3.63, 3.8) is 0 Å². The van der Waals surface area contributed by atoms with Gasteiger partial charge in [-0.3, -0.25) is 9.59 Å². The summed E-state index contributed by atoms with van der Waals surface area (Å²) in [5, 5.41) is 20.5. The summed E-state index contributed by atoms with van der Waals surface area (Å²) in [6.45, 7) is 2.77. The summed E-state index contributed by atoms with van der Waals surface area (Å²) in [5.74, 6) is 1.67. The second-order valence-electron chi connectivity index (χ2n) is 10.5. The number of aliphatic hydroxyl groups excluding tert-OH is 1. The molecule has 0 bridgehead atoms. The minimum atomic E-state index is -0.858. The van der Waals surface area contributed by atoms with Crippen LogP contribution in [-0.4, -0.2) is 64.2 Å². The standard InChI is InChI=1S/C33H36N4O4S2/c1-22-19-43-32(35-22)29-20-42-21-37(29)33(40)26-12-7-11-25(16-26)31(39)36-28(15-23-8-4-3-5-9-23)30(38)18-34-17-24-10-6-13-27(14-24)41-2/h3-14,16,19,28-30,34,38H,15,17-18,20-21H2,1-2H3,(H,36,39)/t28-,29+,30+/m0/s1. The molecule has 3 aromatic carbocycles. The number of aromatic nitrogens is 1. The topological polar surface area (TPSA) is 104 Å². The Morgan fingerprint density at radius 3 is 2.58 bits per heavy atom. The van der Waals surface area contributed by atoms with Crippen molar-refractivity contribution >= 4 is 34.9 Å². The molecule has 3 N–H and O–H groups in total. The zero-order valence-corrected chi connectivity index (χ0v) is 25.9. The predicted octanol–water partition coefficient (Wildman–Crippen LogP) is 4.84. The van der Waals surface area contributed by atoms with Gasteiger partial charge in [-0.25, -0.2) is 4.98 Å². The van der Waals surface area contributed by atoms with Gasteiger partial charge in [-0.05, 0) is 54.8 Å². The lowest BCUT2D eigenvalue weighted by Crippen LogP contribution is -2.48. The molecule has 2 amide bonds. The summed E-state index contributed by atoms with van der Waals surface area (Å²) in [6.07, 6.45) is -0.406. The van der Waals surface area contributed by atoms with Gasteiger partial charge in [0.2, 0.25) is 0 Å². The van der Waals surface area contributed by atoms with E-state index in [1.54, 1.807) is 54.5 Å². The Morgan fingerprint density at radius 2 is 1.81 bits per heavy atom. The number of aliphatic hydroxyl groups is 1. The number of thioether (sulfide) groups is 1. The monoisotopic (exact) mass is 616 g/mol. The van der Waals surface area contributed by atoms with E-state index in [1.807, 2.05) is 71.8 Å². The van der Waals surface area contributed by atoms with Crippen LogP contribution in [-0.2, 0) is 13.0 Å². The van der Waals surface area contributed by atoms with Crippen LogP contribution in [0.15, 0.2) is 84.2 Å². The molecule has 1 aliphatic rings. The van der Waals surface area contributed by atoms with Gasteiger partial charge in [-0.15, -0.1) is 23.1 Å². The van der Waals surface area contributed by atoms with E-state index in [0.717, 1.165) is 33.3 Å². The van der Waals surface area contributed by atoms with E-state index in [2.05, 4.69) is 15.6 Å². The Kier molecular flexibility index (Phi) is 10.5. The molecule has 3 atom stereocenters. The average molecular weight is 617 g/mol. The Morgan fingerprint density at radius 1 is 1.05 bits per heavy atom. The van der Waals surface area contributed by atoms with Crippen LogP contribution < -0.4 is 15.4 Å². The Bertz CT molecular complexity index is 1530. The van der Waals surface area contributed by atoms with Gasteiger partial charge >= 0.3 is 0 Å². The van der Waals surface area contributed by atoms with Crippen LogP contribution in [0.4, 0.5) is 0 Å². The number of aryl methyl sites for hydroxylation is 1. The second kappa shape index (κ2) is 14.7.